The molecule has 0 bridgehead atoms. The molecule has 56 heavy (non-hydrogen) atoms. The van der Waals surface area contributed by atoms with Crippen molar-refractivity contribution in [3.05, 3.63) is 178 Å². The number of allylic oxidation sites excluding steroid dienone is 4. The summed E-state index contributed by atoms with van der Waals surface area (Å²) >= 11 is -3.05. The average Bonchev–Trinajstić information content (AvgIpc) is 3.78. The van der Waals surface area contributed by atoms with Gasteiger partial charge < -0.3 is 0 Å². The third-order valence-corrected chi connectivity index (χ3v) is 20.9. The third kappa shape index (κ3) is 6.81. The van der Waals surface area contributed by atoms with Gasteiger partial charge in [-0.15, -0.1) is 0 Å². The van der Waals surface area contributed by atoms with Gasteiger partial charge in [0, 0.05) is 0 Å². The van der Waals surface area contributed by atoms with Crippen molar-refractivity contribution >= 4 is 24.8 Å². The van der Waals surface area contributed by atoms with Gasteiger partial charge >= 0.3 is 347 Å². The molecule has 0 heterocycles. The first-order valence-corrected chi connectivity index (χ1v) is 24.8. The summed E-state index contributed by atoms with van der Waals surface area (Å²) < 4.78 is 2.34. The Morgan fingerprint density at radius 1 is 0.429 bits per heavy atom. The van der Waals surface area contributed by atoms with E-state index >= 15 is 0 Å². The Bertz CT molecular complexity index is 2430. The molecule has 0 spiro atoms. The van der Waals surface area contributed by atoms with E-state index in [1.165, 1.54) is 66.1 Å². The molecule has 0 unspecified atom stereocenters. The molecule has 2 aliphatic carbocycles. The van der Waals surface area contributed by atoms with E-state index in [-0.39, 0.29) is 21.7 Å². The van der Waals surface area contributed by atoms with E-state index in [9.17, 15) is 0 Å². The van der Waals surface area contributed by atoms with Crippen LogP contribution in [0.15, 0.2) is 133 Å². The molecule has 0 atom stereocenters. The van der Waals surface area contributed by atoms with Crippen LogP contribution in [0.5, 0.6) is 0 Å². The molecule has 0 aliphatic heterocycles. The zero-order valence-electron chi connectivity index (χ0n) is 35.9. The molecular weight excluding hydrogens is 752 g/mol. The van der Waals surface area contributed by atoms with Crippen molar-refractivity contribution in [2.75, 3.05) is 0 Å². The number of fused-ring (bicyclic) bond motifs is 5. The van der Waals surface area contributed by atoms with E-state index in [4.69, 9.17) is 0 Å². The van der Waals surface area contributed by atoms with Gasteiger partial charge in [0.05, 0.1) is 0 Å². The monoisotopic (exact) mass is 810 g/mol. The Kier molecular flexibility index (Phi) is 9.64. The Morgan fingerprint density at radius 2 is 0.786 bits per heavy atom. The first-order valence-electron chi connectivity index (χ1n) is 20.8. The number of hydrogen-bond donors (Lipinski definition) is 0. The summed E-state index contributed by atoms with van der Waals surface area (Å²) in [5, 5.41) is 5.34. The average molecular weight is 812 g/mol. The number of hydrogen-bond acceptors (Lipinski definition) is 0. The van der Waals surface area contributed by atoms with Gasteiger partial charge in [0.15, 0.2) is 0 Å². The van der Waals surface area contributed by atoms with Crippen LogP contribution in [0, 0.1) is 0 Å². The minimum absolute atomic E-state index is 0.00138. The van der Waals surface area contributed by atoms with Crippen LogP contribution in [0.3, 0.4) is 0 Å². The summed E-state index contributed by atoms with van der Waals surface area (Å²) in [6.07, 6.45) is 9.78. The molecule has 0 N–H and O–H groups in total. The van der Waals surface area contributed by atoms with Gasteiger partial charge in [0.25, 0.3) is 0 Å². The van der Waals surface area contributed by atoms with Crippen molar-refractivity contribution in [1.82, 2.24) is 0 Å². The third-order valence-electron chi connectivity index (χ3n) is 12.3. The predicted molar refractivity (Wildman–Crippen MR) is 242 cm³/mol. The summed E-state index contributed by atoms with van der Waals surface area (Å²) in [7, 11) is 0. The molecule has 6 aromatic carbocycles. The van der Waals surface area contributed by atoms with Crippen LogP contribution < -0.4 is 0 Å². The van der Waals surface area contributed by atoms with Crippen molar-refractivity contribution in [3.63, 3.8) is 0 Å². The Labute approximate surface area is 344 Å². The van der Waals surface area contributed by atoms with Gasteiger partial charge in [-0.05, 0) is 0 Å². The predicted octanol–water partition coefficient (Wildman–Crippen LogP) is 15.1. The molecule has 0 amide bonds. The van der Waals surface area contributed by atoms with Gasteiger partial charge in [0.2, 0.25) is 0 Å². The van der Waals surface area contributed by atoms with E-state index in [0.29, 0.717) is 7.25 Å². The molecule has 0 saturated heterocycles. The maximum absolute atomic E-state index is 3.05. The standard InChI is InChI=1S/C29H41.C21H14.C5H5.Zr/c1-26(2,3)22-14-18-13-19-15-23(27(4,5)6)25(29(10,11)12)17-21(19)20(18)16-24(22)28(7,8)9;1-3-13-20-16(7-1)9-5-11-18(20)15-19-12-6-10-17-8-2-4-14-21(17)19;1-2-4-5-3-1;/h13-17H,1-12H3;1-14H;1-5H;. The van der Waals surface area contributed by atoms with Gasteiger partial charge in [-0.1, -0.05) is 0 Å². The van der Waals surface area contributed by atoms with Gasteiger partial charge in [0.1, 0.15) is 0 Å². The fraction of sp³-hybridized carbons (Fsp3) is 0.327. The second kappa shape index (κ2) is 13.9. The fourth-order valence-electron chi connectivity index (χ4n) is 9.65. The van der Waals surface area contributed by atoms with Crippen LogP contribution in [0.1, 0.15) is 131 Å². The topological polar surface area (TPSA) is 0 Å². The second-order valence-electron chi connectivity index (χ2n) is 20.6. The van der Waals surface area contributed by atoms with Gasteiger partial charge in [-0.3, -0.25) is 0 Å². The summed E-state index contributed by atoms with van der Waals surface area (Å²) in [5.41, 5.74) is 14.8. The van der Waals surface area contributed by atoms with Crippen molar-refractivity contribution < 1.29 is 21.3 Å². The molecule has 2 aliphatic rings. The summed E-state index contributed by atoms with van der Waals surface area (Å²) in [6, 6.07) is 43.0. The minimum atomic E-state index is -3.05. The van der Waals surface area contributed by atoms with E-state index in [2.05, 4.69) is 217 Å². The molecule has 0 nitrogen and oxygen atoms in total. The van der Waals surface area contributed by atoms with Crippen molar-refractivity contribution in [2.45, 2.75) is 112 Å². The van der Waals surface area contributed by atoms with Crippen LogP contribution in [0.2, 0.25) is 3.63 Å². The normalized spacial score (nSPS) is 14.9. The first-order chi connectivity index (χ1) is 26.3. The van der Waals surface area contributed by atoms with Crippen molar-refractivity contribution in [3.8, 4) is 11.1 Å². The van der Waals surface area contributed by atoms with Gasteiger partial charge in [-0.2, -0.15) is 0 Å². The zero-order valence-corrected chi connectivity index (χ0v) is 38.3. The molecule has 1 heteroatoms. The summed E-state index contributed by atoms with van der Waals surface area (Å²) in [4.78, 5) is 0. The molecule has 8 rings (SSSR count). The van der Waals surface area contributed by atoms with Gasteiger partial charge in [-0.25, -0.2) is 0 Å². The zero-order chi connectivity index (χ0) is 39.9. The van der Waals surface area contributed by atoms with E-state index in [0.717, 1.165) is 0 Å². The summed E-state index contributed by atoms with van der Waals surface area (Å²) in [5.74, 6) is 0. The van der Waals surface area contributed by atoms with Crippen LogP contribution >= 0.6 is 0 Å². The molecule has 6 aromatic rings. The first kappa shape index (κ1) is 38.9. The fourth-order valence-corrected chi connectivity index (χ4v) is 19.1. The molecule has 0 saturated carbocycles. The molecule has 0 aromatic heterocycles. The van der Waals surface area contributed by atoms with E-state index in [1.54, 1.807) is 14.3 Å². The van der Waals surface area contributed by atoms with Crippen LogP contribution in [-0.4, -0.2) is 3.21 Å². The van der Waals surface area contributed by atoms with Crippen LogP contribution in [0.25, 0.3) is 32.7 Å². The van der Waals surface area contributed by atoms with Crippen LogP contribution in [0.4, 0.5) is 0 Å². The number of benzene rings is 6. The van der Waals surface area contributed by atoms with E-state index in [1.807, 2.05) is 0 Å². The quantitative estimate of drug-likeness (QED) is 0.166. The van der Waals surface area contributed by atoms with Crippen molar-refractivity contribution in [1.29, 1.82) is 0 Å². The van der Waals surface area contributed by atoms with Crippen LogP contribution in [-0.2, 0) is 42.9 Å². The Hall–Kier alpha value is -3.93. The van der Waals surface area contributed by atoms with Crippen molar-refractivity contribution in [2.24, 2.45) is 0 Å². The molecule has 0 radical (unpaired) electrons. The maximum atomic E-state index is 2.71. The second-order valence-corrected chi connectivity index (χ2v) is 27.1. The molecule has 284 valence electrons. The van der Waals surface area contributed by atoms with E-state index < -0.39 is 21.3 Å². The SMILES string of the molecule is CC(C)(C)c1cc2c(cc1C(C)(C)C)[CH]([Zr](=[C](c1cccc3ccccc13)c1cccc3ccccc13)[CH]1C=CC=C1)c1cc(C(C)(C)C)c(C(C)(C)C)cc1-2. The summed E-state index contributed by atoms with van der Waals surface area (Å²) in [6.45, 7) is 28.9. The number of rotatable bonds is 4. The molecule has 0 fully saturated rings. The Balaban J connectivity index is 1.62. The molecular formula is C55H60Zr. The Morgan fingerprint density at radius 3 is 1.18 bits per heavy atom.